The minimum absolute atomic E-state index is 0. The van der Waals surface area contributed by atoms with E-state index in [0.29, 0.717) is 25.7 Å². The summed E-state index contributed by atoms with van der Waals surface area (Å²) < 4.78 is 5.84. The minimum Gasteiger partial charge on any atom is -1.00 e. The van der Waals surface area contributed by atoms with Crippen molar-refractivity contribution in [3.05, 3.63) is 23.8 Å². The van der Waals surface area contributed by atoms with Gasteiger partial charge in [0.15, 0.2) is 0 Å². The number of ether oxygens (including phenoxy) is 1. The van der Waals surface area contributed by atoms with Crippen LogP contribution in [0.25, 0.3) is 0 Å². The van der Waals surface area contributed by atoms with Crippen molar-refractivity contribution in [2.45, 2.75) is 83.7 Å². The van der Waals surface area contributed by atoms with Gasteiger partial charge in [0.1, 0.15) is 6.10 Å². The molecular weight excluding hydrogens is 427 g/mol. The predicted octanol–water partition coefficient (Wildman–Crippen LogP) is -0.443. The van der Waals surface area contributed by atoms with E-state index in [0.717, 1.165) is 5.57 Å². The Labute approximate surface area is 228 Å². The largest absolute Gasteiger partial charge is 1.00 e. The molecule has 0 aromatic rings. The summed E-state index contributed by atoms with van der Waals surface area (Å²) in [6.07, 6.45) is 4.64. The Morgan fingerprint density at radius 3 is 2.58 bits per heavy atom. The number of hydrogen-bond donors (Lipinski definition) is 4. The molecule has 0 heterocycles. The summed E-state index contributed by atoms with van der Waals surface area (Å²) >= 11 is 0. The molecule has 0 amide bonds. The number of carboxylic acids is 1. The maximum absolute atomic E-state index is 12.4. The Bertz CT molecular complexity index is 669. The maximum atomic E-state index is 12.4. The molecule has 2 aliphatic rings. The molecule has 0 bridgehead atoms. The van der Waals surface area contributed by atoms with Crippen LogP contribution >= 0.6 is 0 Å². The van der Waals surface area contributed by atoms with Crippen molar-refractivity contribution in [1.82, 2.24) is 0 Å². The summed E-state index contributed by atoms with van der Waals surface area (Å²) in [6, 6.07) is 0. The molecule has 0 saturated heterocycles. The van der Waals surface area contributed by atoms with Gasteiger partial charge in [-0.25, -0.2) is 0 Å². The van der Waals surface area contributed by atoms with Crippen LogP contribution in [-0.4, -0.2) is 56.8 Å². The van der Waals surface area contributed by atoms with Crippen LogP contribution in [0, 0.1) is 23.7 Å². The number of fused-ring (bicyclic) bond motifs is 1. The molecule has 7 nitrogen and oxygen atoms in total. The van der Waals surface area contributed by atoms with Crippen LogP contribution in [0.3, 0.4) is 0 Å². The van der Waals surface area contributed by atoms with E-state index >= 15 is 0 Å². The molecule has 0 aromatic heterocycles. The zero-order valence-electron chi connectivity index (χ0n) is 20.1. The molecule has 8 heteroatoms. The van der Waals surface area contributed by atoms with Gasteiger partial charge in [0.05, 0.1) is 30.7 Å². The first-order valence-corrected chi connectivity index (χ1v) is 11.0. The molecule has 0 spiro atoms. The summed E-state index contributed by atoms with van der Waals surface area (Å²) in [5.74, 6) is -1.31. The third-order valence-corrected chi connectivity index (χ3v) is 6.44. The molecule has 0 fully saturated rings. The van der Waals surface area contributed by atoms with E-state index in [2.05, 4.69) is 13.0 Å². The van der Waals surface area contributed by atoms with Crippen LogP contribution in [0.5, 0.6) is 0 Å². The van der Waals surface area contributed by atoms with Crippen LogP contribution < -0.4 is 51.4 Å². The second kappa shape index (κ2) is 13.6. The van der Waals surface area contributed by atoms with Crippen LogP contribution in [0.1, 0.15) is 60.7 Å². The molecule has 4 N–H and O–H groups in total. The van der Waals surface area contributed by atoms with Crippen molar-refractivity contribution >= 4 is 11.9 Å². The van der Waals surface area contributed by atoms with Gasteiger partial charge in [-0.3, -0.25) is 9.59 Å². The zero-order valence-corrected chi connectivity index (χ0v) is 22.2. The third-order valence-electron chi connectivity index (χ3n) is 6.44. The molecule has 2 aliphatic carbocycles. The number of aliphatic hydroxyl groups is 3. The fourth-order valence-electron chi connectivity index (χ4n) is 4.52. The number of carboxylic acid groups (broad SMARTS) is 1. The molecule has 0 radical (unpaired) electrons. The second-order valence-electron chi connectivity index (χ2n) is 8.88. The fraction of sp³-hybridized carbons (Fsp3) is 0.739. The minimum atomic E-state index is -1.10. The van der Waals surface area contributed by atoms with E-state index in [1.807, 2.05) is 26.0 Å². The molecule has 0 aliphatic heterocycles. The first-order chi connectivity index (χ1) is 14.1. The van der Waals surface area contributed by atoms with Crippen molar-refractivity contribution in [2.75, 3.05) is 0 Å². The maximum Gasteiger partial charge on any atom is 1.00 e. The summed E-state index contributed by atoms with van der Waals surface area (Å²) in [7, 11) is 0. The van der Waals surface area contributed by atoms with Gasteiger partial charge in [-0.05, 0) is 43.1 Å². The molecule has 1 unspecified atom stereocenters. The first kappa shape index (κ1) is 29.0. The Balaban J connectivity index is 0.00000480. The van der Waals surface area contributed by atoms with E-state index in [-0.39, 0.29) is 95.3 Å². The van der Waals surface area contributed by atoms with Gasteiger partial charge in [0.2, 0.25) is 0 Å². The number of hydrogen-bond acceptors (Lipinski definition) is 6. The number of carbonyl (C=O) groups is 2. The van der Waals surface area contributed by atoms with Crippen LogP contribution in [-0.2, 0) is 14.3 Å². The summed E-state index contributed by atoms with van der Waals surface area (Å²) in [5.41, 5.74) is 0.958. The van der Waals surface area contributed by atoms with Crippen molar-refractivity contribution in [3.63, 3.8) is 0 Å². The number of aliphatic hydroxyl groups excluding tert-OH is 3. The van der Waals surface area contributed by atoms with Crippen molar-refractivity contribution in [1.29, 1.82) is 0 Å². The quantitative estimate of drug-likeness (QED) is 0.255. The molecular formula is C23H37KO7. The van der Waals surface area contributed by atoms with E-state index in [1.54, 1.807) is 0 Å². The van der Waals surface area contributed by atoms with Crippen molar-refractivity contribution in [3.8, 4) is 0 Å². The van der Waals surface area contributed by atoms with Crippen molar-refractivity contribution in [2.24, 2.45) is 23.7 Å². The van der Waals surface area contributed by atoms with Crippen LogP contribution in [0.4, 0.5) is 0 Å². The number of carbonyl (C=O) groups excluding carboxylic acids is 1. The van der Waals surface area contributed by atoms with Gasteiger partial charge in [0, 0.05) is 12.3 Å². The molecule has 31 heavy (non-hydrogen) atoms. The summed E-state index contributed by atoms with van der Waals surface area (Å²) in [6.45, 7) is 5.85. The summed E-state index contributed by atoms with van der Waals surface area (Å²) in [5, 5.41) is 39.1. The predicted molar refractivity (Wildman–Crippen MR) is 113 cm³/mol. The third kappa shape index (κ3) is 8.66. The number of allylic oxidation sites excluding steroid dienone is 2. The van der Waals surface area contributed by atoms with Crippen LogP contribution in [0.15, 0.2) is 23.8 Å². The molecule has 0 aromatic carbocycles. The van der Waals surface area contributed by atoms with Gasteiger partial charge in [-0.2, -0.15) is 0 Å². The van der Waals surface area contributed by atoms with Crippen molar-refractivity contribution < 1.29 is 87.6 Å². The van der Waals surface area contributed by atoms with Gasteiger partial charge in [-0.1, -0.05) is 39.0 Å². The smallest absolute Gasteiger partial charge is 1.00 e. The molecule has 0 saturated carbocycles. The average Bonchev–Trinajstić information content (AvgIpc) is 2.65. The average molecular weight is 465 g/mol. The molecule has 2 rings (SSSR count). The van der Waals surface area contributed by atoms with Gasteiger partial charge < -0.3 is 26.6 Å². The normalized spacial score (nSPS) is 30.3. The standard InChI is InChI=1S/C23H36O7.K.H/c1-4-13(2)23(29)30-20-11-17(25)9-15-6-5-14(3)19(22(15)20)8-7-16(24)10-18(26)12-21(27)28;;/h5-6,9,13-14,16-20,22,24-26H,4,7-8,10-12H2,1-3H3,(H,27,28);;/q;+1;-1/t13-,14-,16+,17+,18?,19-,20-,22-;;/m0../s1. The molecule has 172 valence electrons. The summed E-state index contributed by atoms with van der Waals surface area (Å²) in [4.78, 5) is 23.1. The van der Waals surface area contributed by atoms with E-state index in [1.165, 1.54) is 0 Å². The SMILES string of the molecule is CC[C@H](C)C(=O)O[C@H]1C[C@H](O)C=C2C=C[C@H](C)[C@H](CC[C@@H](O)CC(O)CC(=O)O)[C@H]21.[H-].[K+]. The Morgan fingerprint density at radius 1 is 1.29 bits per heavy atom. The first-order valence-electron chi connectivity index (χ1n) is 11.0. The Hall–Kier alpha value is -0.0636. The zero-order chi connectivity index (χ0) is 22.4. The topological polar surface area (TPSA) is 124 Å². The van der Waals surface area contributed by atoms with E-state index in [9.17, 15) is 24.9 Å². The molecule has 8 atom stereocenters. The Kier molecular flexibility index (Phi) is 12.7. The fourth-order valence-corrected chi connectivity index (χ4v) is 4.52. The number of aliphatic carboxylic acids is 1. The van der Waals surface area contributed by atoms with Gasteiger partial charge in [0.25, 0.3) is 0 Å². The van der Waals surface area contributed by atoms with Crippen LogP contribution in [0.2, 0.25) is 0 Å². The second-order valence-corrected chi connectivity index (χ2v) is 8.88. The Morgan fingerprint density at radius 2 is 1.97 bits per heavy atom. The number of rotatable bonds is 10. The van der Waals surface area contributed by atoms with Gasteiger partial charge in [-0.15, -0.1) is 0 Å². The monoisotopic (exact) mass is 464 g/mol. The van der Waals surface area contributed by atoms with E-state index < -0.39 is 30.4 Å². The van der Waals surface area contributed by atoms with E-state index in [4.69, 9.17) is 9.84 Å². The number of esters is 1. The van der Waals surface area contributed by atoms with Gasteiger partial charge >= 0.3 is 63.3 Å².